The highest BCUT2D eigenvalue weighted by Crippen LogP contribution is 2.28. The minimum absolute atomic E-state index is 0.113. The molecule has 0 saturated heterocycles. The fourth-order valence-electron chi connectivity index (χ4n) is 2.25. The van der Waals surface area contributed by atoms with E-state index in [-0.39, 0.29) is 5.78 Å². The summed E-state index contributed by atoms with van der Waals surface area (Å²) in [6.45, 7) is 3.88. The van der Waals surface area contributed by atoms with Gasteiger partial charge in [0.1, 0.15) is 5.58 Å². The average molecular weight is 285 g/mol. The van der Waals surface area contributed by atoms with E-state index in [1.54, 1.807) is 24.3 Å². The van der Waals surface area contributed by atoms with E-state index in [9.17, 15) is 4.79 Å². The summed E-state index contributed by atoms with van der Waals surface area (Å²) in [5, 5.41) is 1.36. The molecule has 0 fully saturated rings. The number of ketones is 1. The molecule has 2 aromatic carbocycles. The summed E-state index contributed by atoms with van der Waals surface area (Å²) in [6.07, 6.45) is 0. The van der Waals surface area contributed by atoms with Gasteiger partial charge in [-0.1, -0.05) is 35.4 Å². The van der Waals surface area contributed by atoms with Crippen molar-refractivity contribution >= 4 is 28.4 Å². The fraction of sp³-hybridized carbons (Fsp3) is 0.118. The number of furan rings is 1. The molecular formula is C17H13ClO2. The molecule has 0 aliphatic rings. The van der Waals surface area contributed by atoms with Crippen LogP contribution in [0.3, 0.4) is 0 Å². The van der Waals surface area contributed by atoms with Gasteiger partial charge in [-0.05, 0) is 43.7 Å². The fourth-order valence-corrected chi connectivity index (χ4v) is 2.47. The van der Waals surface area contributed by atoms with Crippen LogP contribution in [0, 0.1) is 13.8 Å². The quantitative estimate of drug-likeness (QED) is 0.624. The molecule has 3 heteroatoms. The largest absolute Gasteiger partial charge is 0.453 e. The maximum atomic E-state index is 12.6. The Kier molecular flexibility index (Phi) is 3.11. The first-order valence-electron chi connectivity index (χ1n) is 6.36. The van der Waals surface area contributed by atoms with Crippen molar-refractivity contribution in [2.45, 2.75) is 13.8 Å². The molecule has 3 aromatic rings. The average Bonchev–Trinajstić information content (AvgIpc) is 2.86. The van der Waals surface area contributed by atoms with Gasteiger partial charge in [-0.15, -0.1) is 0 Å². The molecule has 20 heavy (non-hydrogen) atoms. The summed E-state index contributed by atoms with van der Waals surface area (Å²) in [6, 6.07) is 12.9. The molecule has 0 radical (unpaired) electrons. The van der Waals surface area contributed by atoms with Crippen molar-refractivity contribution in [1.29, 1.82) is 0 Å². The summed E-state index contributed by atoms with van der Waals surface area (Å²) < 4.78 is 5.63. The molecule has 3 rings (SSSR count). The van der Waals surface area contributed by atoms with Crippen LogP contribution in [0.4, 0.5) is 0 Å². The van der Waals surface area contributed by atoms with E-state index in [0.717, 1.165) is 16.5 Å². The smallest absolute Gasteiger partial charge is 0.228 e. The van der Waals surface area contributed by atoms with Gasteiger partial charge in [0, 0.05) is 10.9 Å². The van der Waals surface area contributed by atoms with Gasteiger partial charge in [0.2, 0.25) is 5.78 Å². The first kappa shape index (κ1) is 12.9. The van der Waals surface area contributed by atoms with E-state index in [1.165, 1.54) is 0 Å². The third-order valence-electron chi connectivity index (χ3n) is 3.37. The van der Waals surface area contributed by atoms with E-state index in [1.807, 2.05) is 32.0 Å². The number of carbonyl (C=O) groups excluding carboxylic acids is 1. The third kappa shape index (κ3) is 2.12. The van der Waals surface area contributed by atoms with Crippen LogP contribution in [0.25, 0.3) is 11.0 Å². The van der Waals surface area contributed by atoms with Crippen LogP contribution >= 0.6 is 11.6 Å². The van der Waals surface area contributed by atoms with Crippen molar-refractivity contribution in [2.24, 2.45) is 0 Å². The highest BCUT2D eigenvalue weighted by atomic mass is 35.5. The van der Waals surface area contributed by atoms with Crippen LogP contribution in [0.15, 0.2) is 46.9 Å². The molecule has 0 unspecified atom stereocenters. The lowest BCUT2D eigenvalue weighted by atomic mass is 10.0. The van der Waals surface area contributed by atoms with Crippen LogP contribution in [0.1, 0.15) is 27.2 Å². The van der Waals surface area contributed by atoms with Crippen LogP contribution < -0.4 is 0 Å². The predicted octanol–water partition coefficient (Wildman–Crippen LogP) is 4.93. The molecule has 0 atom stereocenters. The molecule has 100 valence electrons. The Morgan fingerprint density at radius 3 is 2.65 bits per heavy atom. The molecule has 0 bridgehead atoms. The van der Waals surface area contributed by atoms with Gasteiger partial charge < -0.3 is 4.42 Å². The van der Waals surface area contributed by atoms with Gasteiger partial charge in [-0.3, -0.25) is 4.79 Å². The number of halogens is 1. The Morgan fingerprint density at radius 1 is 1.10 bits per heavy atom. The summed E-state index contributed by atoms with van der Waals surface area (Å²) >= 11 is 6.11. The van der Waals surface area contributed by atoms with Crippen LogP contribution in [0.5, 0.6) is 0 Å². The molecule has 0 amide bonds. The Labute approximate surface area is 122 Å². The van der Waals surface area contributed by atoms with Gasteiger partial charge in [-0.25, -0.2) is 0 Å². The van der Waals surface area contributed by atoms with E-state index in [0.29, 0.717) is 21.9 Å². The number of benzene rings is 2. The minimum Gasteiger partial charge on any atom is -0.453 e. The second-order valence-electron chi connectivity index (χ2n) is 4.91. The van der Waals surface area contributed by atoms with Crippen molar-refractivity contribution < 1.29 is 9.21 Å². The maximum Gasteiger partial charge on any atom is 0.228 e. The van der Waals surface area contributed by atoms with E-state index in [2.05, 4.69) is 0 Å². The van der Waals surface area contributed by atoms with Gasteiger partial charge in [0.25, 0.3) is 0 Å². The lowest BCUT2D eigenvalue weighted by Gasteiger charge is -2.03. The van der Waals surface area contributed by atoms with E-state index in [4.69, 9.17) is 16.0 Å². The number of carbonyl (C=O) groups is 1. The highest BCUT2D eigenvalue weighted by molar-refractivity contribution is 6.35. The predicted molar refractivity (Wildman–Crippen MR) is 80.6 cm³/mol. The SMILES string of the molecule is Cc1ccc(C)c(C(=O)c2cc3c(Cl)cccc3o2)c1. The van der Waals surface area contributed by atoms with Crippen molar-refractivity contribution in [3.8, 4) is 0 Å². The van der Waals surface area contributed by atoms with E-state index < -0.39 is 0 Å². The van der Waals surface area contributed by atoms with Crippen LogP contribution in [-0.2, 0) is 0 Å². The summed E-state index contributed by atoms with van der Waals surface area (Å²) in [5.74, 6) is 0.209. The first-order chi connectivity index (χ1) is 9.56. The van der Waals surface area contributed by atoms with Crippen molar-refractivity contribution in [2.75, 3.05) is 0 Å². The second kappa shape index (κ2) is 4.80. The monoisotopic (exact) mass is 284 g/mol. The van der Waals surface area contributed by atoms with E-state index >= 15 is 0 Å². The van der Waals surface area contributed by atoms with Crippen LogP contribution in [-0.4, -0.2) is 5.78 Å². The summed E-state index contributed by atoms with van der Waals surface area (Å²) in [5.41, 5.74) is 3.28. The zero-order valence-corrected chi connectivity index (χ0v) is 12.0. The number of rotatable bonds is 2. The Balaban J connectivity index is 2.13. The standard InChI is InChI=1S/C17H13ClO2/c1-10-6-7-11(2)12(8-10)17(19)16-9-13-14(18)4-3-5-15(13)20-16/h3-9H,1-2H3. The van der Waals surface area contributed by atoms with Crippen molar-refractivity contribution in [1.82, 2.24) is 0 Å². The highest BCUT2D eigenvalue weighted by Gasteiger charge is 2.17. The summed E-state index contributed by atoms with van der Waals surface area (Å²) in [4.78, 5) is 12.6. The molecule has 0 aliphatic heterocycles. The third-order valence-corrected chi connectivity index (χ3v) is 3.70. The Hall–Kier alpha value is -2.06. The molecule has 0 aliphatic carbocycles. The molecule has 0 N–H and O–H groups in total. The summed E-state index contributed by atoms with van der Waals surface area (Å²) in [7, 11) is 0. The number of fused-ring (bicyclic) bond motifs is 1. The number of hydrogen-bond acceptors (Lipinski definition) is 2. The lowest BCUT2D eigenvalue weighted by molar-refractivity contribution is 0.101. The molecule has 1 aromatic heterocycles. The molecule has 2 nitrogen and oxygen atoms in total. The lowest BCUT2D eigenvalue weighted by Crippen LogP contribution is -2.02. The molecule has 0 saturated carbocycles. The number of hydrogen-bond donors (Lipinski definition) is 0. The van der Waals surface area contributed by atoms with Crippen molar-refractivity contribution in [3.63, 3.8) is 0 Å². The Bertz CT molecular complexity index is 815. The first-order valence-corrected chi connectivity index (χ1v) is 6.74. The van der Waals surface area contributed by atoms with Gasteiger partial charge >= 0.3 is 0 Å². The topological polar surface area (TPSA) is 30.2 Å². The zero-order valence-electron chi connectivity index (χ0n) is 11.2. The molecular weight excluding hydrogens is 272 g/mol. The number of aryl methyl sites for hydroxylation is 2. The zero-order chi connectivity index (χ0) is 14.3. The Morgan fingerprint density at radius 2 is 1.90 bits per heavy atom. The second-order valence-corrected chi connectivity index (χ2v) is 5.32. The van der Waals surface area contributed by atoms with Crippen LogP contribution in [0.2, 0.25) is 5.02 Å². The maximum absolute atomic E-state index is 12.6. The molecule has 0 spiro atoms. The van der Waals surface area contributed by atoms with Gasteiger partial charge in [0.05, 0.1) is 5.02 Å². The van der Waals surface area contributed by atoms with Gasteiger partial charge in [0.15, 0.2) is 5.76 Å². The minimum atomic E-state index is -0.113. The van der Waals surface area contributed by atoms with Crippen molar-refractivity contribution in [3.05, 3.63) is 69.9 Å². The normalized spacial score (nSPS) is 10.9. The molecule has 1 heterocycles. The van der Waals surface area contributed by atoms with Gasteiger partial charge in [-0.2, -0.15) is 0 Å².